The summed E-state index contributed by atoms with van der Waals surface area (Å²) in [6.45, 7) is 8.79. The van der Waals surface area contributed by atoms with Gasteiger partial charge in [0, 0.05) is 34.0 Å². The number of nitrogens with one attached hydrogen (secondary N) is 2. The van der Waals surface area contributed by atoms with Crippen LogP contribution in [-0.2, 0) is 12.8 Å². The molecule has 2 N–H and O–H groups in total. The normalized spacial score (nSPS) is 11.7. The molecule has 0 saturated heterocycles. The van der Waals surface area contributed by atoms with Gasteiger partial charge in [0.15, 0.2) is 0 Å². The van der Waals surface area contributed by atoms with Gasteiger partial charge in [-0.2, -0.15) is 0 Å². The van der Waals surface area contributed by atoms with Crippen LogP contribution in [-0.4, -0.2) is 9.97 Å². The monoisotopic (exact) mass is 482 g/mol. The van der Waals surface area contributed by atoms with Crippen molar-refractivity contribution in [2.24, 2.45) is 0 Å². The summed E-state index contributed by atoms with van der Waals surface area (Å²) in [7, 11) is 0. The highest BCUT2D eigenvalue weighted by Crippen LogP contribution is 2.38. The molecule has 6 aromatic rings. The predicted molar refractivity (Wildman–Crippen MR) is 158 cm³/mol. The summed E-state index contributed by atoms with van der Waals surface area (Å²) in [5.74, 6) is 0.455. The fourth-order valence-electron chi connectivity index (χ4n) is 5.48. The number of fused-ring (bicyclic) bond motifs is 2. The van der Waals surface area contributed by atoms with E-state index in [2.05, 4.69) is 129 Å². The van der Waals surface area contributed by atoms with Crippen LogP contribution < -0.4 is 0 Å². The number of aryl methyl sites for hydroxylation is 2. The van der Waals surface area contributed by atoms with Crippen LogP contribution in [0.3, 0.4) is 0 Å². The molecule has 0 aliphatic heterocycles. The SMILES string of the molecule is Cc1ccc(Cc2cccc3[nH]c(-c4cccc5cc(C(C)C)[nH]c45)c(Cc4ccc(C)cc4)c23)cc1. The zero-order valence-corrected chi connectivity index (χ0v) is 22.2. The van der Waals surface area contributed by atoms with Crippen molar-refractivity contribution in [2.45, 2.75) is 46.5 Å². The third-order valence-electron chi connectivity index (χ3n) is 7.60. The van der Waals surface area contributed by atoms with Crippen LogP contribution >= 0.6 is 0 Å². The molecule has 184 valence electrons. The first kappa shape index (κ1) is 23.4. The highest BCUT2D eigenvalue weighted by Gasteiger charge is 2.19. The zero-order chi connectivity index (χ0) is 25.5. The van der Waals surface area contributed by atoms with Gasteiger partial charge < -0.3 is 9.97 Å². The van der Waals surface area contributed by atoms with Crippen LogP contribution in [0.25, 0.3) is 33.1 Å². The number of aromatic amines is 2. The van der Waals surface area contributed by atoms with Crippen molar-refractivity contribution in [1.82, 2.24) is 9.97 Å². The Morgan fingerprint density at radius 2 is 1.32 bits per heavy atom. The lowest BCUT2D eigenvalue weighted by Crippen LogP contribution is -1.95. The van der Waals surface area contributed by atoms with Crippen LogP contribution in [0.15, 0.2) is 91.0 Å². The summed E-state index contributed by atoms with van der Waals surface area (Å²) in [4.78, 5) is 7.60. The minimum atomic E-state index is 0.455. The molecule has 6 rings (SSSR count). The van der Waals surface area contributed by atoms with Gasteiger partial charge >= 0.3 is 0 Å². The Bertz CT molecular complexity index is 1690. The molecule has 0 spiro atoms. The maximum Gasteiger partial charge on any atom is 0.0550 e. The van der Waals surface area contributed by atoms with Crippen molar-refractivity contribution in [2.75, 3.05) is 0 Å². The Morgan fingerprint density at radius 3 is 2.00 bits per heavy atom. The second-order valence-corrected chi connectivity index (χ2v) is 10.8. The average Bonchev–Trinajstić information content (AvgIpc) is 3.49. The minimum absolute atomic E-state index is 0.455. The van der Waals surface area contributed by atoms with Crippen molar-refractivity contribution >= 4 is 21.8 Å². The van der Waals surface area contributed by atoms with Gasteiger partial charge in [0.25, 0.3) is 0 Å². The first-order valence-corrected chi connectivity index (χ1v) is 13.3. The van der Waals surface area contributed by atoms with E-state index in [1.807, 2.05) is 0 Å². The highest BCUT2D eigenvalue weighted by atomic mass is 14.8. The quantitative estimate of drug-likeness (QED) is 0.237. The fourth-order valence-corrected chi connectivity index (χ4v) is 5.48. The summed E-state index contributed by atoms with van der Waals surface area (Å²) in [5, 5.41) is 2.62. The van der Waals surface area contributed by atoms with Gasteiger partial charge in [0.2, 0.25) is 0 Å². The van der Waals surface area contributed by atoms with E-state index in [1.54, 1.807) is 0 Å². The molecule has 0 aliphatic carbocycles. The smallest absolute Gasteiger partial charge is 0.0550 e. The van der Waals surface area contributed by atoms with E-state index in [1.165, 1.54) is 72.1 Å². The zero-order valence-electron chi connectivity index (χ0n) is 22.2. The van der Waals surface area contributed by atoms with Crippen molar-refractivity contribution < 1.29 is 0 Å². The lowest BCUT2D eigenvalue weighted by atomic mass is 9.93. The predicted octanol–water partition coefficient (Wildman–Crippen LogP) is 9.24. The Balaban J connectivity index is 1.57. The lowest BCUT2D eigenvalue weighted by Gasteiger charge is -2.11. The number of hydrogen-bond donors (Lipinski definition) is 2. The molecule has 0 fully saturated rings. The van der Waals surface area contributed by atoms with Gasteiger partial charge in [-0.1, -0.05) is 104 Å². The molecule has 4 aromatic carbocycles. The number of hydrogen-bond acceptors (Lipinski definition) is 0. The van der Waals surface area contributed by atoms with E-state index in [0.29, 0.717) is 5.92 Å². The van der Waals surface area contributed by atoms with Crippen molar-refractivity contribution in [1.29, 1.82) is 0 Å². The van der Waals surface area contributed by atoms with Gasteiger partial charge in [-0.3, -0.25) is 0 Å². The van der Waals surface area contributed by atoms with Gasteiger partial charge in [-0.15, -0.1) is 0 Å². The van der Waals surface area contributed by atoms with Crippen LogP contribution in [0.5, 0.6) is 0 Å². The Labute approximate surface area is 219 Å². The van der Waals surface area contributed by atoms with E-state index >= 15 is 0 Å². The Hall–Kier alpha value is -4.04. The molecule has 0 saturated carbocycles. The number of para-hydroxylation sites is 1. The third kappa shape index (κ3) is 4.49. The number of rotatable bonds is 6. The maximum absolute atomic E-state index is 3.86. The van der Waals surface area contributed by atoms with Crippen molar-refractivity contribution in [3.05, 3.63) is 130 Å². The molecule has 0 aliphatic rings. The van der Waals surface area contributed by atoms with Gasteiger partial charge in [0.1, 0.15) is 0 Å². The molecule has 0 atom stereocenters. The Morgan fingerprint density at radius 1 is 0.676 bits per heavy atom. The summed E-state index contributed by atoms with van der Waals surface area (Å²) in [6.07, 6.45) is 1.80. The van der Waals surface area contributed by atoms with E-state index < -0.39 is 0 Å². The van der Waals surface area contributed by atoms with E-state index in [4.69, 9.17) is 0 Å². The number of benzene rings is 4. The van der Waals surface area contributed by atoms with E-state index in [0.717, 1.165) is 12.8 Å². The summed E-state index contributed by atoms with van der Waals surface area (Å²) >= 11 is 0. The third-order valence-corrected chi connectivity index (χ3v) is 7.60. The van der Waals surface area contributed by atoms with Crippen LogP contribution in [0.4, 0.5) is 0 Å². The topological polar surface area (TPSA) is 31.6 Å². The van der Waals surface area contributed by atoms with Crippen LogP contribution in [0.1, 0.15) is 58.8 Å². The first-order valence-electron chi connectivity index (χ1n) is 13.3. The Kier molecular flexibility index (Phi) is 5.96. The second-order valence-electron chi connectivity index (χ2n) is 10.8. The maximum atomic E-state index is 3.86. The number of aromatic nitrogens is 2. The molecule has 0 amide bonds. The van der Waals surface area contributed by atoms with Crippen LogP contribution in [0, 0.1) is 13.8 Å². The summed E-state index contributed by atoms with van der Waals surface area (Å²) < 4.78 is 0. The summed E-state index contributed by atoms with van der Waals surface area (Å²) in [6, 6.07) is 33.6. The molecule has 2 heterocycles. The molecule has 0 bridgehead atoms. The van der Waals surface area contributed by atoms with Gasteiger partial charge in [-0.05, 0) is 60.6 Å². The van der Waals surface area contributed by atoms with E-state index in [9.17, 15) is 0 Å². The minimum Gasteiger partial charge on any atom is -0.358 e. The molecular formula is C35H34N2. The molecule has 37 heavy (non-hydrogen) atoms. The fraction of sp³-hybridized carbons (Fsp3) is 0.200. The molecule has 2 nitrogen and oxygen atoms in total. The molecule has 2 aromatic heterocycles. The number of H-pyrrole nitrogens is 2. The standard InChI is InChI=1S/C35H34N2/c1-22(2)32-21-28-8-5-9-29(34(28)37-32)35-30(20-26-17-13-24(4)14-18-26)33-27(7-6-10-31(33)36-35)19-25-15-11-23(3)12-16-25/h5-18,21-22,36-37H,19-20H2,1-4H3. The molecular weight excluding hydrogens is 448 g/mol. The molecule has 0 radical (unpaired) electrons. The van der Waals surface area contributed by atoms with Gasteiger partial charge in [0.05, 0.1) is 11.2 Å². The average molecular weight is 483 g/mol. The second kappa shape index (κ2) is 9.44. The largest absolute Gasteiger partial charge is 0.358 e. The summed E-state index contributed by atoms with van der Waals surface area (Å²) in [5.41, 5.74) is 14.2. The highest BCUT2D eigenvalue weighted by molar-refractivity contribution is 6.00. The van der Waals surface area contributed by atoms with Crippen LogP contribution in [0.2, 0.25) is 0 Å². The van der Waals surface area contributed by atoms with Crippen molar-refractivity contribution in [3.8, 4) is 11.3 Å². The van der Waals surface area contributed by atoms with E-state index in [-0.39, 0.29) is 0 Å². The van der Waals surface area contributed by atoms with Gasteiger partial charge in [-0.25, -0.2) is 0 Å². The van der Waals surface area contributed by atoms with Crippen molar-refractivity contribution in [3.63, 3.8) is 0 Å². The lowest BCUT2D eigenvalue weighted by molar-refractivity contribution is 0.836. The molecule has 2 heteroatoms. The first-order chi connectivity index (χ1) is 18.0. The molecule has 0 unspecified atom stereocenters.